The van der Waals surface area contributed by atoms with Gasteiger partial charge >= 0.3 is 0 Å². The fourth-order valence-electron chi connectivity index (χ4n) is 4.07. The Balaban J connectivity index is 1.39. The Morgan fingerprint density at radius 1 is 0.949 bits per heavy atom. The summed E-state index contributed by atoms with van der Waals surface area (Å²) in [7, 11) is 0. The van der Waals surface area contributed by atoms with Crippen molar-refractivity contribution in [2.45, 2.75) is 57.5 Å². The summed E-state index contributed by atoms with van der Waals surface area (Å²) in [5, 5.41) is 5.87. The number of carbonyl (C=O) groups excluding carboxylic acids is 3. The number of hydrogen-bond donors (Lipinski definition) is 2. The molecule has 0 aliphatic carbocycles. The molecule has 2 heterocycles. The first-order valence-corrected chi connectivity index (χ1v) is 13.8. The maximum atomic E-state index is 13.4. The Labute approximate surface area is 233 Å². The van der Waals surface area contributed by atoms with E-state index in [2.05, 4.69) is 20.6 Å². The normalized spacial score (nSPS) is 17.8. The second kappa shape index (κ2) is 12.7. The SMILES string of the molecule is CC(C)N=C1SC(c2ccc(NC(=O)[C@@H](C)NC(=O)[C@H](C)c3ccccc3)cc2)C(=O)N1Cc1ccccn1. The third-order valence-electron chi connectivity index (χ3n) is 6.29. The molecule has 2 N–H and O–H groups in total. The number of aliphatic imine (C=N–C) groups is 1. The van der Waals surface area contributed by atoms with E-state index < -0.39 is 11.3 Å². The summed E-state index contributed by atoms with van der Waals surface area (Å²) in [6.07, 6.45) is 1.71. The summed E-state index contributed by atoms with van der Waals surface area (Å²) < 4.78 is 0. The van der Waals surface area contributed by atoms with Gasteiger partial charge in [-0.3, -0.25) is 29.3 Å². The van der Waals surface area contributed by atoms with Gasteiger partial charge < -0.3 is 10.6 Å². The van der Waals surface area contributed by atoms with Crippen LogP contribution in [0, 0.1) is 0 Å². The minimum absolute atomic E-state index is 0.0426. The predicted molar refractivity (Wildman–Crippen MR) is 155 cm³/mol. The van der Waals surface area contributed by atoms with Crippen LogP contribution in [0.2, 0.25) is 0 Å². The van der Waals surface area contributed by atoms with E-state index in [9.17, 15) is 14.4 Å². The number of hydrogen-bond acceptors (Lipinski definition) is 6. The number of rotatable bonds is 9. The molecule has 3 amide bonds. The van der Waals surface area contributed by atoms with E-state index in [1.807, 2.05) is 81.4 Å². The molecule has 1 saturated heterocycles. The second-order valence-electron chi connectivity index (χ2n) is 9.72. The van der Waals surface area contributed by atoms with Gasteiger partial charge in [-0.05, 0) is 63.1 Å². The van der Waals surface area contributed by atoms with Crippen LogP contribution in [0.15, 0.2) is 84.0 Å². The zero-order valence-electron chi connectivity index (χ0n) is 22.5. The van der Waals surface area contributed by atoms with Gasteiger partial charge in [0, 0.05) is 17.9 Å². The van der Waals surface area contributed by atoms with E-state index in [0.29, 0.717) is 17.4 Å². The number of thioether (sulfide) groups is 1. The molecule has 8 nitrogen and oxygen atoms in total. The number of benzene rings is 2. The summed E-state index contributed by atoms with van der Waals surface area (Å²) in [4.78, 5) is 49.5. The topological polar surface area (TPSA) is 104 Å². The van der Waals surface area contributed by atoms with Crippen LogP contribution in [-0.4, -0.2) is 44.9 Å². The number of amides is 3. The van der Waals surface area contributed by atoms with E-state index in [4.69, 9.17) is 0 Å². The number of aromatic nitrogens is 1. The summed E-state index contributed by atoms with van der Waals surface area (Å²) in [6.45, 7) is 7.78. The average molecular weight is 544 g/mol. The Morgan fingerprint density at radius 2 is 1.64 bits per heavy atom. The van der Waals surface area contributed by atoms with Crippen LogP contribution in [-0.2, 0) is 20.9 Å². The Bertz CT molecular complexity index is 1330. The molecule has 0 radical (unpaired) electrons. The molecule has 39 heavy (non-hydrogen) atoms. The van der Waals surface area contributed by atoms with Gasteiger partial charge in [0.05, 0.1) is 18.2 Å². The van der Waals surface area contributed by atoms with Gasteiger partial charge in [-0.15, -0.1) is 0 Å². The summed E-state index contributed by atoms with van der Waals surface area (Å²) in [5.41, 5.74) is 3.08. The number of anilines is 1. The Hall–Kier alpha value is -3.98. The van der Waals surface area contributed by atoms with Gasteiger partial charge in [-0.25, -0.2) is 0 Å². The highest BCUT2D eigenvalue weighted by Crippen LogP contribution is 2.40. The molecule has 9 heteroatoms. The van der Waals surface area contributed by atoms with Crippen molar-refractivity contribution < 1.29 is 14.4 Å². The van der Waals surface area contributed by atoms with Crippen molar-refractivity contribution in [2.24, 2.45) is 4.99 Å². The Morgan fingerprint density at radius 3 is 2.28 bits per heavy atom. The van der Waals surface area contributed by atoms with Crippen molar-refractivity contribution in [3.8, 4) is 0 Å². The van der Waals surface area contributed by atoms with Crippen molar-refractivity contribution in [3.05, 3.63) is 95.8 Å². The van der Waals surface area contributed by atoms with Crippen LogP contribution < -0.4 is 10.6 Å². The number of carbonyl (C=O) groups is 3. The molecule has 1 aliphatic rings. The molecule has 202 valence electrons. The molecule has 3 atom stereocenters. The lowest BCUT2D eigenvalue weighted by Crippen LogP contribution is -2.43. The van der Waals surface area contributed by atoms with E-state index in [1.165, 1.54) is 11.8 Å². The van der Waals surface area contributed by atoms with Gasteiger partial charge in [0.1, 0.15) is 11.3 Å². The van der Waals surface area contributed by atoms with Crippen molar-refractivity contribution >= 4 is 40.3 Å². The van der Waals surface area contributed by atoms with E-state index >= 15 is 0 Å². The molecule has 4 rings (SSSR count). The summed E-state index contributed by atoms with van der Waals surface area (Å²) in [6, 6.07) is 21.6. The molecule has 1 unspecified atom stereocenters. The highest BCUT2D eigenvalue weighted by Gasteiger charge is 2.39. The fourth-order valence-corrected chi connectivity index (χ4v) is 5.36. The number of nitrogens with zero attached hydrogens (tertiary/aromatic N) is 3. The quantitative estimate of drug-likeness (QED) is 0.399. The number of pyridine rings is 1. The van der Waals surface area contributed by atoms with Crippen molar-refractivity contribution in [3.63, 3.8) is 0 Å². The van der Waals surface area contributed by atoms with Gasteiger partial charge in [0.25, 0.3) is 0 Å². The van der Waals surface area contributed by atoms with Crippen LogP contribution >= 0.6 is 11.8 Å². The first-order valence-electron chi connectivity index (χ1n) is 12.9. The standard InChI is InChI=1S/C30H33N5O3S/c1-19(2)32-30-35(18-25-12-8-9-17-31-25)29(38)26(39-30)23-13-15-24(16-14-23)34-28(37)21(4)33-27(36)20(3)22-10-6-5-7-11-22/h5-17,19-21,26H,18H2,1-4H3,(H,33,36)(H,34,37)/t20-,21-,26?/m1/s1. The van der Waals surface area contributed by atoms with Crippen molar-refractivity contribution in [2.75, 3.05) is 5.32 Å². The largest absolute Gasteiger partial charge is 0.344 e. The van der Waals surface area contributed by atoms with E-state index in [-0.39, 0.29) is 29.7 Å². The highest BCUT2D eigenvalue weighted by molar-refractivity contribution is 8.15. The predicted octanol–water partition coefficient (Wildman–Crippen LogP) is 4.91. The molecule has 0 saturated carbocycles. The maximum absolute atomic E-state index is 13.4. The van der Waals surface area contributed by atoms with E-state index in [1.54, 1.807) is 30.2 Å². The van der Waals surface area contributed by atoms with Crippen LogP contribution in [0.4, 0.5) is 5.69 Å². The smallest absolute Gasteiger partial charge is 0.247 e. The third-order valence-corrected chi connectivity index (χ3v) is 7.53. The molecule has 1 aromatic heterocycles. The lowest BCUT2D eigenvalue weighted by atomic mass is 10.0. The van der Waals surface area contributed by atoms with Crippen LogP contribution in [0.1, 0.15) is 55.7 Å². The van der Waals surface area contributed by atoms with Crippen LogP contribution in [0.5, 0.6) is 0 Å². The molecule has 0 bridgehead atoms. The lowest BCUT2D eigenvalue weighted by molar-refractivity contribution is -0.127. The zero-order valence-corrected chi connectivity index (χ0v) is 23.3. The van der Waals surface area contributed by atoms with Gasteiger partial charge in [0.2, 0.25) is 17.7 Å². The highest BCUT2D eigenvalue weighted by atomic mass is 32.2. The van der Waals surface area contributed by atoms with Crippen molar-refractivity contribution in [1.29, 1.82) is 0 Å². The summed E-state index contributed by atoms with van der Waals surface area (Å²) >= 11 is 1.42. The van der Waals surface area contributed by atoms with Crippen LogP contribution in [0.3, 0.4) is 0 Å². The van der Waals surface area contributed by atoms with Gasteiger partial charge in [-0.1, -0.05) is 60.3 Å². The molecular formula is C30H33N5O3S. The molecule has 1 fully saturated rings. The first kappa shape index (κ1) is 28.0. The minimum Gasteiger partial charge on any atom is -0.344 e. The molecule has 2 aromatic carbocycles. The van der Waals surface area contributed by atoms with Crippen molar-refractivity contribution in [1.82, 2.24) is 15.2 Å². The van der Waals surface area contributed by atoms with Crippen LogP contribution in [0.25, 0.3) is 0 Å². The molecular weight excluding hydrogens is 510 g/mol. The minimum atomic E-state index is -0.717. The van der Waals surface area contributed by atoms with E-state index in [0.717, 1.165) is 16.8 Å². The third kappa shape index (κ3) is 7.11. The fraction of sp³-hybridized carbons (Fsp3) is 0.300. The Kier molecular flexibility index (Phi) is 9.14. The lowest BCUT2D eigenvalue weighted by Gasteiger charge is -2.18. The first-order chi connectivity index (χ1) is 18.7. The van der Waals surface area contributed by atoms with Gasteiger partial charge in [0.15, 0.2) is 5.17 Å². The average Bonchev–Trinajstić information content (AvgIpc) is 3.23. The second-order valence-corrected chi connectivity index (χ2v) is 10.8. The molecule has 1 aliphatic heterocycles. The number of amidine groups is 1. The zero-order chi connectivity index (χ0) is 27.9. The summed E-state index contributed by atoms with van der Waals surface area (Å²) in [5.74, 6) is -0.963. The monoisotopic (exact) mass is 543 g/mol. The van der Waals surface area contributed by atoms with Gasteiger partial charge in [-0.2, -0.15) is 0 Å². The molecule has 0 spiro atoms. The number of nitrogens with one attached hydrogen (secondary N) is 2. The maximum Gasteiger partial charge on any atom is 0.247 e. The molecule has 3 aromatic rings.